The molecule has 1 saturated carbocycles. The maximum absolute atomic E-state index is 5.97. The van der Waals surface area contributed by atoms with E-state index in [0.29, 0.717) is 12.6 Å². The quantitative estimate of drug-likeness (QED) is 0.786. The lowest BCUT2D eigenvalue weighted by molar-refractivity contribution is 0.188. The molecular formula is C14H23N3. The van der Waals surface area contributed by atoms with Gasteiger partial charge >= 0.3 is 0 Å². The fraction of sp³-hybridized carbons (Fsp3) is 0.643. The maximum atomic E-state index is 5.97. The van der Waals surface area contributed by atoms with Crippen molar-refractivity contribution in [2.75, 3.05) is 13.1 Å². The van der Waals surface area contributed by atoms with Gasteiger partial charge in [-0.15, -0.1) is 0 Å². The minimum Gasteiger partial charge on any atom is -0.329 e. The number of unbranched alkanes of at least 4 members (excludes halogenated alkanes) is 1. The summed E-state index contributed by atoms with van der Waals surface area (Å²) in [6, 6.07) is 5.26. The third kappa shape index (κ3) is 3.27. The van der Waals surface area contributed by atoms with Crippen LogP contribution < -0.4 is 5.73 Å². The van der Waals surface area contributed by atoms with Crippen LogP contribution in [0.5, 0.6) is 0 Å². The van der Waals surface area contributed by atoms with Crippen LogP contribution in [0.1, 0.15) is 44.2 Å². The molecule has 1 aliphatic carbocycles. The van der Waals surface area contributed by atoms with E-state index in [-0.39, 0.29) is 0 Å². The number of hydrogen-bond acceptors (Lipinski definition) is 3. The molecule has 1 heterocycles. The van der Waals surface area contributed by atoms with Crippen molar-refractivity contribution >= 4 is 0 Å². The Kier molecular flexibility index (Phi) is 4.51. The van der Waals surface area contributed by atoms with Crippen LogP contribution >= 0.6 is 0 Å². The highest BCUT2D eigenvalue weighted by atomic mass is 15.2. The van der Waals surface area contributed by atoms with E-state index in [1.54, 1.807) is 0 Å². The molecule has 0 aliphatic heterocycles. The van der Waals surface area contributed by atoms with Crippen molar-refractivity contribution in [3.63, 3.8) is 0 Å². The van der Waals surface area contributed by atoms with E-state index >= 15 is 0 Å². The van der Waals surface area contributed by atoms with Crippen molar-refractivity contribution < 1.29 is 0 Å². The fourth-order valence-corrected chi connectivity index (χ4v) is 2.38. The first-order chi connectivity index (χ1) is 8.36. The molecule has 0 aromatic carbocycles. The normalized spacial score (nSPS) is 17.4. The van der Waals surface area contributed by atoms with Gasteiger partial charge in [-0.3, -0.25) is 9.88 Å². The molecule has 2 N–H and O–H groups in total. The summed E-state index contributed by atoms with van der Waals surface area (Å²) in [4.78, 5) is 6.80. The molecule has 3 nitrogen and oxygen atoms in total. The summed E-state index contributed by atoms with van der Waals surface area (Å²) >= 11 is 0. The first-order valence-corrected chi connectivity index (χ1v) is 6.72. The van der Waals surface area contributed by atoms with Crippen molar-refractivity contribution in [1.29, 1.82) is 0 Å². The van der Waals surface area contributed by atoms with Gasteiger partial charge < -0.3 is 5.73 Å². The summed E-state index contributed by atoms with van der Waals surface area (Å²) in [5.41, 5.74) is 7.24. The molecule has 0 saturated heterocycles. The van der Waals surface area contributed by atoms with Crippen molar-refractivity contribution in [3.8, 4) is 0 Å². The second-order valence-electron chi connectivity index (χ2n) is 4.86. The Morgan fingerprint density at radius 2 is 2.35 bits per heavy atom. The Morgan fingerprint density at radius 1 is 1.53 bits per heavy atom. The van der Waals surface area contributed by atoms with Crippen molar-refractivity contribution in [3.05, 3.63) is 30.1 Å². The van der Waals surface area contributed by atoms with Crippen molar-refractivity contribution in [2.24, 2.45) is 5.73 Å². The Morgan fingerprint density at radius 3 is 2.88 bits per heavy atom. The van der Waals surface area contributed by atoms with Gasteiger partial charge in [0.15, 0.2) is 0 Å². The molecule has 1 atom stereocenters. The highest BCUT2D eigenvalue weighted by molar-refractivity contribution is 5.15. The Hall–Kier alpha value is -0.930. The topological polar surface area (TPSA) is 42.1 Å². The zero-order valence-corrected chi connectivity index (χ0v) is 10.7. The van der Waals surface area contributed by atoms with E-state index < -0.39 is 0 Å². The summed E-state index contributed by atoms with van der Waals surface area (Å²) in [7, 11) is 0. The van der Waals surface area contributed by atoms with E-state index in [1.807, 2.05) is 18.5 Å². The van der Waals surface area contributed by atoms with Gasteiger partial charge in [0.2, 0.25) is 0 Å². The molecule has 0 spiro atoms. The predicted molar refractivity (Wildman–Crippen MR) is 70.7 cm³/mol. The molecular weight excluding hydrogens is 210 g/mol. The monoisotopic (exact) mass is 233 g/mol. The lowest BCUT2D eigenvalue weighted by Gasteiger charge is -2.31. The van der Waals surface area contributed by atoms with Gasteiger partial charge in [-0.1, -0.05) is 19.4 Å². The molecule has 2 rings (SSSR count). The van der Waals surface area contributed by atoms with E-state index in [1.165, 1.54) is 31.2 Å². The highest BCUT2D eigenvalue weighted by Gasteiger charge is 2.33. The number of hydrogen-bond donors (Lipinski definition) is 1. The first kappa shape index (κ1) is 12.5. The third-order valence-corrected chi connectivity index (χ3v) is 3.48. The van der Waals surface area contributed by atoms with Crippen LogP contribution in [0.4, 0.5) is 0 Å². The first-order valence-electron chi connectivity index (χ1n) is 6.72. The SMILES string of the molecule is CCCCN(C1CC1)C(CN)c1cccnc1. The molecule has 94 valence electrons. The highest BCUT2D eigenvalue weighted by Crippen LogP contribution is 2.34. The average molecular weight is 233 g/mol. The molecule has 1 unspecified atom stereocenters. The number of nitrogens with zero attached hydrogens (tertiary/aromatic N) is 2. The van der Waals surface area contributed by atoms with E-state index in [2.05, 4.69) is 22.9 Å². The van der Waals surface area contributed by atoms with Crippen LogP contribution in [0.15, 0.2) is 24.5 Å². The van der Waals surface area contributed by atoms with E-state index in [0.717, 1.165) is 12.6 Å². The van der Waals surface area contributed by atoms with Gasteiger partial charge in [-0.2, -0.15) is 0 Å². The lowest BCUT2D eigenvalue weighted by atomic mass is 10.1. The van der Waals surface area contributed by atoms with Crippen LogP contribution in [0.3, 0.4) is 0 Å². The second-order valence-corrected chi connectivity index (χ2v) is 4.86. The number of rotatable bonds is 7. The largest absolute Gasteiger partial charge is 0.329 e. The summed E-state index contributed by atoms with van der Waals surface area (Å²) in [5.74, 6) is 0. The maximum Gasteiger partial charge on any atom is 0.0488 e. The van der Waals surface area contributed by atoms with Crippen LogP contribution in [0, 0.1) is 0 Å². The van der Waals surface area contributed by atoms with Gasteiger partial charge in [0.25, 0.3) is 0 Å². The number of nitrogens with two attached hydrogens (primary N) is 1. The molecule has 1 aromatic rings. The van der Waals surface area contributed by atoms with E-state index in [4.69, 9.17) is 5.73 Å². The molecule has 0 bridgehead atoms. The van der Waals surface area contributed by atoms with Crippen molar-refractivity contribution in [1.82, 2.24) is 9.88 Å². The van der Waals surface area contributed by atoms with Gasteiger partial charge in [0, 0.05) is 31.0 Å². The molecule has 0 amide bonds. The summed E-state index contributed by atoms with van der Waals surface area (Å²) in [6.45, 7) is 4.09. The molecule has 17 heavy (non-hydrogen) atoms. The standard InChI is InChI=1S/C14H23N3/c1-2-3-9-17(13-6-7-13)14(10-15)12-5-4-8-16-11-12/h4-5,8,11,13-14H,2-3,6-7,9-10,15H2,1H3. The van der Waals surface area contributed by atoms with Crippen LogP contribution in [0.25, 0.3) is 0 Å². The summed E-state index contributed by atoms with van der Waals surface area (Å²) < 4.78 is 0. The zero-order chi connectivity index (χ0) is 12.1. The van der Waals surface area contributed by atoms with Crippen LogP contribution in [0.2, 0.25) is 0 Å². The molecule has 3 heteroatoms. The Balaban J connectivity index is 2.08. The van der Waals surface area contributed by atoms with Crippen LogP contribution in [-0.2, 0) is 0 Å². The van der Waals surface area contributed by atoms with Gasteiger partial charge in [-0.05, 0) is 37.4 Å². The Bertz CT molecular complexity index is 321. The van der Waals surface area contributed by atoms with Crippen LogP contribution in [-0.4, -0.2) is 29.0 Å². The van der Waals surface area contributed by atoms with E-state index in [9.17, 15) is 0 Å². The minimum absolute atomic E-state index is 0.350. The predicted octanol–water partition coefficient (Wildman–Crippen LogP) is 2.35. The molecule has 1 aliphatic rings. The fourth-order valence-electron chi connectivity index (χ4n) is 2.38. The van der Waals surface area contributed by atoms with Gasteiger partial charge in [-0.25, -0.2) is 0 Å². The molecule has 1 fully saturated rings. The van der Waals surface area contributed by atoms with Gasteiger partial charge in [0.1, 0.15) is 0 Å². The lowest BCUT2D eigenvalue weighted by Crippen LogP contribution is -2.36. The van der Waals surface area contributed by atoms with Gasteiger partial charge in [0.05, 0.1) is 0 Å². The summed E-state index contributed by atoms with van der Waals surface area (Å²) in [6.07, 6.45) is 8.95. The third-order valence-electron chi connectivity index (χ3n) is 3.48. The molecule has 1 aromatic heterocycles. The molecule has 0 radical (unpaired) electrons. The minimum atomic E-state index is 0.350. The zero-order valence-electron chi connectivity index (χ0n) is 10.7. The smallest absolute Gasteiger partial charge is 0.0488 e. The Labute approximate surface area is 104 Å². The average Bonchev–Trinajstić information content (AvgIpc) is 3.20. The second kappa shape index (κ2) is 6.12. The summed E-state index contributed by atoms with van der Waals surface area (Å²) in [5, 5.41) is 0. The van der Waals surface area contributed by atoms with Crippen molar-refractivity contribution in [2.45, 2.75) is 44.7 Å². The number of pyridine rings is 1. The number of aromatic nitrogens is 1.